The molecule has 0 aliphatic carbocycles. The van der Waals surface area contributed by atoms with Gasteiger partial charge in [-0.25, -0.2) is 4.98 Å². The molecule has 0 amide bonds. The number of hydrogen-bond acceptors (Lipinski definition) is 3. The molecule has 4 nitrogen and oxygen atoms in total. The maximum atomic E-state index is 9.07. The van der Waals surface area contributed by atoms with E-state index in [2.05, 4.69) is 17.2 Å². The zero-order valence-corrected chi connectivity index (χ0v) is 8.85. The molecule has 80 valence electrons. The van der Waals surface area contributed by atoms with Gasteiger partial charge in [-0.05, 0) is 26.8 Å². The van der Waals surface area contributed by atoms with Crippen LogP contribution in [0.15, 0.2) is 18.7 Å². The molecule has 2 atom stereocenters. The maximum absolute atomic E-state index is 9.07. The molecule has 0 aliphatic rings. The van der Waals surface area contributed by atoms with Gasteiger partial charge < -0.3 is 15.0 Å². The van der Waals surface area contributed by atoms with Gasteiger partial charge in [-0.3, -0.25) is 0 Å². The lowest BCUT2D eigenvalue weighted by Gasteiger charge is -2.14. The van der Waals surface area contributed by atoms with E-state index in [-0.39, 0.29) is 6.10 Å². The fourth-order valence-electron chi connectivity index (χ4n) is 1.31. The van der Waals surface area contributed by atoms with Gasteiger partial charge in [0.25, 0.3) is 0 Å². The monoisotopic (exact) mass is 197 g/mol. The number of hydrogen-bond donors (Lipinski definition) is 2. The zero-order valence-electron chi connectivity index (χ0n) is 8.85. The first-order valence-corrected chi connectivity index (χ1v) is 5.05. The van der Waals surface area contributed by atoms with Gasteiger partial charge in [-0.1, -0.05) is 0 Å². The van der Waals surface area contributed by atoms with Crippen LogP contribution in [0.25, 0.3) is 0 Å². The second-order valence-electron chi connectivity index (χ2n) is 3.75. The van der Waals surface area contributed by atoms with Gasteiger partial charge in [0.15, 0.2) is 0 Å². The van der Waals surface area contributed by atoms with Gasteiger partial charge in [0.05, 0.1) is 12.4 Å². The number of rotatable bonds is 6. The summed E-state index contributed by atoms with van der Waals surface area (Å²) >= 11 is 0. The van der Waals surface area contributed by atoms with Gasteiger partial charge in [-0.2, -0.15) is 0 Å². The van der Waals surface area contributed by atoms with E-state index in [1.54, 1.807) is 6.20 Å². The fraction of sp³-hybridized carbons (Fsp3) is 0.700. The van der Waals surface area contributed by atoms with E-state index in [0.29, 0.717) is 6.04 Å². The Balaban J connectivity index is 2.13. The van der Waals surface area contributed by atoms with Crippen LogP contribution in [0.4, 0.5) is 0 Å². The highest BCUT2D eigenvalue weighted by Gasteiger charge is 2.02. The number of aromatic nitrogens is 2. The van der Waals surface area contributed by atoms with Gasteiger partial charge in [0.1, 0.15) is 0 Å². The molecule has 0 saturated carbocycles. The van der Waals surface area contributed by atoms with Crippen LogP contribution in [0, 0.1) is 0 Å². The highest BCUT2D eigenvalue weighted by Crippen LogP contribution is 1.93. The average Bonchev–Trinajstić information content (AvgIpc) is 2.56. The molecule has 0 aliphatic heterocycles. The molecule has 2 N–H and O–H groups in total. The fourth-order valence-corrected chi connectivity index (χ4v) is 1.31. The molecular weight excluding hydrogens is 178 g/mol. The Bertz CT molecular complexity index is 234. The maximum Gasteiger partial charge on any atom is 0.0946 e. The lowest BCUT2D eigenvalue weighted by atomic mass is 10.2. The van der Waals surface area contributed by atoms with Gasteiger partial charge in [0, 0.05) is 25.0 Å². The smallest absolute Gasteiger partial charge is 0.0946 e. The van der Waals surface area contributed by atoms with E-state index < -0.39 is 0 Å². The number of aliphatic hydroxyl groups is 1. The Labute approximate surface area is 85.0 Å². The topological polar surface area (TPSA) is 50.1 Å². The van der Waals surface area contributed by atoms with E-state index >= 15 is 0 Å². The minimum atomic E-state index is -0.219. The van der Waals surface area contributed by atoms with Crippen molar-refractivity contribution in [3.63, 3.8) is 0 Å². The number of nitrogens with one attached hydrogen (secondary N) is 1. The summed E-state index contributed by atoms with van der Waals surface area (Å²) in [5, 5.41) is 12.4. The summed E-state index contributed by atoms with van der Waals surface area (Å²) in [5.74, 6) is 0. The van der Waals surface area contributed by atoms with Crippen molar-refractivity contribution in [3.05, 3.63) is 18.7 Å². The lowest BCUT2D eigenvalue weighted by Crippen LogP contribution is -2.32. The van der Waals surface area contributed by atoms with E-state index in [0.717, 1.165) is 19.5 Å². The van der Waals surface area contributed by atoms with Crippen molar-refractivity contribution in [1.29, 1.82) is 0 Å². The summed E-state index contributed by atoms with van der Waals surface area (Å²) in [4.78, 5) is 3.98. The van der Waals surface area contributed by atoms with Gasteiger partial charge >= 0.3 is 0 Å². The average molecular weight is 197 g/mol. The Hall–Kier alpha value is -0.870. The van der Waals surface area contributed by atoms with E-state index in [1.165, 1.54) is 0 Å². The van der Waals surface area contributed by atoms with Crippen LogP contribution >= 0.6 is 0 Å². The molecule has 1 rings (SSSR count). The normalized spacial score (nSPS) is 15.4. The first-order valence-electron chi connectivity index (χ1n) is 5.05. The molecule has 0 aromatic carbocycles. The summed E-state index contributed by atoms with van der Waals surface area (Å²) < 4.78 is 2.04. The van der Waals surface area contributed by atoms with Gasteiger partial charge in [-0.15, -0.1) is 0 Å². The van der Waals surface area contributed by atoms with Crippen LogP contribution in [-0.2, 0) is 6.54 Å². The summed E-state index contributed by atoms with van der Waals surface area (Å²) in [6.07, 6.45) is 6.12. The van der Waals surface area contributed by atoms with Crippen LogP contribution < -0.4 is 5.32 Å². The van der Waals surface area contributed by atoms with Crippen molar-refractivity contribution < 1.29 is 5.11 Å². The molecule has 4 heteroatoms. The third-order valence-corrected chi connectivity index (χ3v) is 2.10. The summed E-state index contributed by atoms with van der Waals surface area (Å²) in [6.45, 7) is 5.71. The molecule has 0 fully saturated rings. The van der Waals surface area contributed by atoms with Crippen LogP contribution in [0.5, 0.6) is 0 Å². The van der Waals surface area contributed by atoms with E-state index in [9.17, 15) is 0 Å². The highest BCUT2D eigenvalue weighted by molar-refractivity contribution is 4.76. The molecule has 1 heterocycles. The van der Waals surface area contributed by atoms with Crippen molar-refractivity contribution in [3.8, 4) is 0 Å². The Morgan fingerprint density at radius 1 is 1.50 bits per heavy atom. The molecule has 2 unspecified atom stereocenters. The van der Waals surface area contributed by atoms with Crippen molar-refractivity contribution in [2.75, 3.05) is 6.54 Å². The zero-order chi connectivity index (χ0) is 10.4. The number of nitrogens with zero attached hydrogens (tertiary/aromatic N) is 2. The van der Waals surface area contributed by atoms with Crippen LogP contribution in [0.1, 0.15) is 20.3 Å². The lowest BCUT2D eigenvalue weighted by molar-refractivity contribution is 0.182. The second-order valence-corrected chi connectivity index (χ2v) is 3.75. The Kier molecular flexibility index (Phi) is 4.62. The minimum Gasteiger partial charge on any atom is -0.393 e. The van der Waals surface area contributed by atoms with Crippen molar-refractivity contribution in [1.82, 2.24) is 14.9 Å². The third-order valence-electron chi connectivity index (χ3n) is 2.10. The standard InChI is InChI=1S/C10H19N3O/c1-9(12-4-3-10(2)14)7-13-6-5-11-8-13/h5-6,8-10,12,14H,3-4,7H2,1-2H3. The minimum absolute atomic E-state index is 0.219. The van der Waals surface area contributed by atoms with Crippen molar-refractivity contribution in [2.24, 2.45) is 0 Å². The molecule has 1 aromatic heterocycles. The van der Waals surface area contributed by atoms with Crippen molar-refractivity contribution >= 4 is 0 Å². The highest BCUT2D eigenvalue weighted by atomic mass is 16.3. The van der Waals surface area contributed by atoms with E-state index in [1.807, 2.05) is 24.0 Å². The molecule has 0 spiro atoms. The molecule has 0 bridgehead atoms. The quantitative estimate of drug-likeness (QED) is 0.703. The second kappa shape index (κ2) is 5.78. The number of imidazole rings is 1. The molecule has 0 radical (unpaired) electrons. The molecular formula is C10H19N3O. The third kappa shape index (κ3) is 4.39. The molecule has 1 aromatic rings. The van der Waals surface area contributed by atoms with Crippen LogP contribution in [0.2, 0.25) is 0 Å². The number of aliphatic hydroxyl groups excluding tert-OH is 1. The predicted molar refractivity (Wildman–Crippen MR) is 56.0 cm³/mol. The molecule has 0 saturated heterocycles. The van der Waals surface area contributed by atoms with E-state index in [4.69, 9.17) is 5.11 Å². The molecule has 14 heavy (non-hydrogen) atoms. The Morgan fingerprint density at radius 2 is 2.29 bits per heavy atom. The first-order chi connectivity index (χ1) is 6.68. The summed E-state index contributed by atoms with van der Waals surface area (Å²) in [7, 11) is 0. The summed E-state index contributed by atoms with van der Waals surface area (Å²) in [6, 6.07) is 0.406. The largest absolute Gasteiger partial charge is 0.393 e. The van der Waals surface area contributed by atoms with Crippen LogP contribution in [0.3, 0.4) is 0 Å². The van der Waals surface area contributed by atoms with Gasteiger partial charge in [0.2, 0.25) is 0 Å². The van der Waals surface area contributed by atoms with Crippen molar-refractivity contribution in [2.45, 2.75) is 39.0 Å². The predicted octanol–water partition coefficient (Wildman–Crippen LogP) is 0.632. The Morgan fingerprint density at radius 3 is 2.86 bits per heavy atom. The SMILES string of the molecule is CC(O)CCNC(C)Cn1ccnc1. The first kappa shape index (κ1) is 11.2. The summed E-state index contributed by atoms with van der Waals surface area (Å²) in [5.41, 5.74) is 0. The van der Waals surface area contributed by atoms with Crippen LogP contribution in [-0.4, -0.2) is 33.3 Å².